The van der Waals surface area contributed by atoms with Gasteiger partial charge < -0.3 is 5.32 Å². The number of carbonyl (C=O) groups excluding carboxylic acids is 2. The topological polar surface area (TPSA) is 52.6 Å². The van der Waals surface area contributed by atoms with Gasteiger partial charge in [-0.05, 0) is 31.3 Å². The first-order valence-electron chi connectivity index (χ1n) is 8.94. The van der Waals surface area contributed by atoms with E-state index in [9.17, 15) is 9.59 Å². The zero-order chi connectivity index (χ0) is 18.3. The molecule has 0 radical (unpaired) electrons. The summed E-state index contributed by atoms with van der Waals surface area (Å²) in [5, 5.41) is 3.17. The number of nitrogens with one attached hydrogen (secondary N) is 1. The molecule has 2 aromatic rings. The predicted molar refractivity (Wildman–Crippen MR) is 103 cm³/mol. The van der Waals surface area contributed by atoms with Gasteiger partial charge in [-0.1, -0.05) is 44.2 Å². The second kappa shape index (κ2) is 6.42. The average Bonchev–Trinajstić information content (AvgIpc) is 3.14. The molecule has 26 heavy (non-hydrogen) atoms. The normalized spacial score (nSPS) is 18.3. The average molecular weight is 347 g/mol. The van der Waals surface area contributed by atoms with Crippen LogP contribution in [-0.2, 0) is 4.79 Å². The molecule has 1 N–H and O–H groups in total. The Balaban J connectivity index is 1.82. The first-order chi connectivity index (χ1) is 12.7. The van der Waals surface area contributed by atoms with Crippen molar-refractivity contribution in [2.45, 2.75) is 13.8 Å². The molecule has 2 aromatic carbocycles. The van der Waals surface area contributed by atoms with Crippen LogP contribution in [0.5, 0.6) is 0 Å². The Labute approximate surface area is 152 Å². The lowest BCUT2D eigenvalue weighted by atomic mass is 10.0. The molecule has 5 heteroatoms. The number of rotatable bonds is 4. The number of ketones is 1. The highest BCUT2D eigenvalue weighted by molar-refractivity contribution is 6.39. The van der Waals surface area contributed by atoms with E-state index in [0.29, 0.717) is 23.5 Å². The van der Waals surface area contributed by atoms with Gasteiger partial charge in [0.25, 0.3) is 5.91 Å². The lowest BCUT2D eigenvalue weighted by molar-refractivity contribution is -0.113. The molecule has 0 saturated carbocycles. The maximum Gasteiger partial charge on any atom is 0.262 e. The van der Waals surface area contributed by atoms with Crippen LogP contribution in [0.25, 0.3) is 5.57 Å². The monoisotopic (exact) mass is 347 g/mol. The molecule has 0 aromatic heterocycles. The van der Waals surface area contributed by atoms with Crippen LogP contribution in [0.3, 0.4) is 0 Å². The fraction of sp³-hybridized carbons (Fsp3) is 0.238. The first kappa shape index (κ1) is 16.5. The molecule has 132 valence electrons. The quantitative estimate of drug-likeness (QED) is 0.862. The summed E-state index contributed by atoms with van der Waals surface area (Å²) in [7, 11) is 0. The summed E-state index contributed by atoms with van der Waals surface area (Å²) in [6.07, 6.45) is 0. The highest BCUT2D eigenvalue weighted by Gasteiger charge is 2.39. The second-order valence-electron chi connectivity index (χ2n) is 6.44. The van der Waals surface area contributed by atoms with Crippen LogP contribution >= 0.6 is 0 Å². The van der Waals surface area contributed by atoms with E-state index in [2.05, 4.69) is 24.1 Å². The number of anilines is 2. The number of Topliss-reactive ketones (excluding diaryl/α,β-unsaturated/α-hetero) is 1. The molecule has 2 aliphatic rings. The summed E-state index contributed by atoms with van der Waals surface area (Å²) in [5.41, 5.74) is 3.89. The first-order valence-corrected chi connectivity index (χ1v) is 8.94. The van der Waals surface area contributed by atoms with Gasteiger partial charge in [0, 0.05) is 16.8 Å². The van der Waals surface area contributed by atoms with Gasteiger partial charge in [-0.3, -0.25) is 19.4 Å². The molecule has 0 saturated heterocycles. The van der Waals surface area contributed by atoms with Gasteiger partial charge >= 0.3 is 0 Å². The third-order valence-electron chi connectivity index (χ3n) is 5.07. The van der Waals surface area contributed by atoms with Crippen LogP contribution in [0.1, 0.15) is 29.8 Å². The van der Waals surface area contributed by atoms with Gasteiger partial charge in [0.15, 0.2) is 0 Å². The minimum atomic E-state index is -0.123. The molecule has 2 heterocycles. The predicted octanol–water partition coefficient (Wildman–Crippen LogP) is 3.35. The Morgan fingerprint density at radius 1 is 0.923 bits per heavy atom. The number of hydrogen-bond donors (Lipinski definition) is 1. The number of nitrogens with zero attached hydrogens (tertiary/aromatic N) is 2. The number of benzene rings is 2. The van der Waals surface area contributed by atoms with Crippen molar-refractivity contribution in [3.63, 3.8) is 0 Å². The summed E-state index contributed by atoms with van der Waals surface area (Å²) >= 11 is 0. The molecule has 2 aliphatic heterocycles. The number of para-hydroxylation sites is 2. The Bertz CT molecular complexity index is 928. The molecule has 0 atom stereocenters. The number of carbonyl (C=O) groups is 2. The lowest BCUT2D eigenvalue weighted by Crippen LogP contribution is -2.39. The Morgan fingerprint density at radius 2 is 1.58 bits per heavy atom. The van der Waals surface area contributed by atoms with Crippen LogP contribution < -0.4 is 10.2 Å². The van der Waals surface area contributed by atoms with Crippen LogP contribution in [-0.4, -0.2) is 36.3 Å². The van der Waals surface area contributed by atoms with E-state index < -0.39 is 0 Å². The zero-order valence-corrected chi connectivity index (χ0v) is 15.0. The molecule has 5 nitrogen and oxygen atoms in total. The number of hydrogen-bond acceptors (Lipinski definition) is 4. The molecular weight excluding hydrogens is 326 g/mol. The standard InChI is InChI=1S/C21H21N3O2/c1-3-23(4-2)13-24-17-12-8-6-10-15(17)18(21(24)26)19-20(25)14-9-5-7-11-16(14)22-19/h5-12,22H,3-4,13H2,1-2H3/b19-18-. The van der Waals surface area contributed by atoms with Gasteiger partial charge in [0.1, 0.15) is 5.70 Å². The van der Waals surface area contributed by atoms with Crippen molar-refractivity contribution in [3.8, 4) is 0 Å². The maximum absolute atomic E-state index is 13.3. The molecule has 0 unspecified atom stereocenters. The minimum absolute atomic E-state index is 0.122. The smallest absolute Gasteiger partial charge is 0.262 e. The Morgan fingerprint density at radius 3 is 2.27 bits per heavy atom. The molecule has 0 bridgehead atoms. The van der Waals surface area contributed by atoms with E-state index in [1.165, 1.54) is 0 Å². The van der Waals surface area contributed by atoms with E-state index >= 15 is 0 Å². The highest BCUT2D eigenvalue weighted by atomic mass is 16.2. The summed E-state index contributed by atoms with van der Waals surface area (Å²) in [6, 6.07) is 15.0. The highest BCUT2D eigenvalue weighted by Crippen LogP contribution is 2.41. The van der Waals surface area contributed by atoms with Crippen LogP contribution in [0.15, 0.2) is 54.2 Å². The van der Waals surface area contributed by atoms with Crippen molar-refractivity contribution in [1.29, 1.82) is 0 Å². The van der Waals surface area contributed by atoms with Gasteiger partial charge in [-0.15, -0.1) is 0 Å². The number of fused-ring (bicyclic) bond motifs is 2. The van der Waals surface area contributed by atoms with Gasteiger partial charge in [0.05, 0.1) is 17.9 Å². The maximum atomic E-state index is 13.3. The third kappa shape index (κ3) is 2.44. The van der Waals surface area contributed by atoms with Crippen LogP contribution in [0, 0.1) is 0 Å². The van der Waals surface area contributed by atoms with Crippen molar-refractivity contribution in [2.75, 3.05) is 30.0 Å². The molecular formula is C21H21N3O2. The molecule has 0 aliphatic carbocycles. The van der Waals surface area contributed by atoms with Crippen LogP contribution in [0.2, 0.25) is 0 Å². The third-order valence-corrected chi connectivity index (χ3v) is 5.07. The largest absolute Gasteiger partial charge is 0.351 e. The minimum Gasteiger partial charge on any atom is -0.351 e. The van der Waals surface area contributed by atoms with Crippen molar-refractivity contribution in [1.82, 2.24) is 4.90 Å². The van der Waals surface area contributed by atoms with E-state index in [1.54, 1.807) is 11.0 Å². The fourth-order valence-electron chi connectivity index (χ4n) is 3.58. The summed E-state index contributed by atoms with van der Waals surface area (Å²) in [5.74, 6) is -0.245. The summed E-state index contributed by atoms with van der Waals surface area (Å²) in [6.45, 7) is 6.39. The SMILES string of the molecule is CCN(CC)CN1C(=O)/C(=C2\Nc3ccccc3C2=O)c2ccccc21. The van der Waals surface area contributed by atoms with Crippen molar-refractivity contribution < 1.29 is 9.59 Å². The van der Waals surface area contributed by atoms with Gasteiger partial charge in [0.2, 0.25) is 5.78 Å². The van der Waals surface area contributed by atoms with E-state index in [-0.39, 0.29) is 11.7 Å². The van der Waals surface area contributed by atoms with Crippen LogP contribution in [0.4, 0.5) is 11.4 Å². The molecule has 1 amide bonds. The number of amides is 1. The van der Waals surface area contributed by atoms with E-state index in [0.717, 1.165) is 30.0 Å². The van der Waals surface area contributed by atoms with Gasteiger partial charge in [-0.2, -0.15) is 0 Å². The molecule has 4 rings (SSSR count). The van der Waals surface area contributed by atoms with Crippen molar-refractivity contribution in [2.24, 2.45) is 0 Å². The molecule has 0 spiro atoms. The van der Waals surface area contributed by atoms with E-state index in [4.69, 9.17) is 0 Å². The summed E-state index contributed by atoms with van der Waals surface area (Å²) in [4.78, 5) is 30.1. The van der Waals surface area contributed by atoms with Crippen molar-refractivity contribution in [3.05, 3.63) is 65.4 Å². The number of allylic oxidation sites excluding steroid dienone is 1. The Hall–Kier alpha value is -2.92. The zero-order valence-electron chi connectivity index (χ0n) is 15.0. The Kier molecular flexibility index (Phi) is 4.09. The lowest BCUT2D eigenvalue weighted by Gasteiger charge is -2.25. The summed E-state index contributed by atoms with van der Waals surface area (Å²) < 4.78 is 0. The molecule has 0 fully saturated rings. The second-order valence-corrected chi connectivity index (χ2v) is 6.44. The van der Waals surface area contributed by atoms with Crippen molar-refractivity contribution >= 4 is 28.6 Å². The fourth-order valence-corrected chi connectivity index (χ4v) is 3.58. The van der Waals surface area contributed by atoms with Gasteiger partial charge in [-0.25, -0.2) is 0 Å². The van der Waals surface area contributed by atoms with E-state index in [1.807, 2.05) is 42.5 Å².